The lowest BCUT2D eigenvalue weighted by atomic mass is 10.1. The van der Waals surface area contributed by atoms with Crippen LogP contribution in [-0.4, -0.2) is 37.8 Å². The van der Waals surface area contributed by atoms with Crippen molar-refractivity contribution in [2.75, 3.05) is 19.8 Å². The molecule has 0 aliphatic carbocycles. The highest BCUT2D eigenvalue weighted by Crippen LogP contribution is 2.14. The highest BCUT2D eigenvalue weighted by atomic mass is 16.5. The topological polar surface area (TPSA) is 79.6 Å². The molecule has 0 bridgehead atoms. The quantitative estimate of drug-likeness (QED) is 0.208. The normalized spacial score (nSPS) is 17.3. The molecule has 0 radical (unpaired) electrons. The molecule has 6 heteroatoms. The number of hydrogen-bond donors (Lipinski definition) is 0. The summed E-state index contributed by atoms with van der Waals surface area (Å²) in [4.78, 5) is 7.56. The molecule has 0 spiro atoms. The van der Waals surface area contributed by atoms with E-state index in [0.29, 0.717) is 25.7 Å². The monoisotopic (exact) mass is 358 g/mol. The summed E-state index contributed by atoms with van der Waals surface area (Å²) in [6.07, 6.45) is 7.82. The van der Waals surface area contributed by atoms with Crippen LogP contribution in [0.1, 0.15) is 57.4 Å². The molecule has 1 aromatic rings. The lowest BCUT2D eigenvalue weighted by Gasteiger charge is -2.12. The van der Waals surface area contributed by atoms with Crippen molar-refractivity contribution in [1.29, 1.82) is 0 Å². The van der Waals surface area contributed by atoms with E-state index in [1.54, 1.807) is 0 Å². The van der Waals surface area contributed by atoms with Crippen LogP contribution < -0.4 is 0 Å². The minimum atomic E-state index is 0.0323. The lowest BCUT2D eigenvalue weighted by molar-refractivity contribution is 0.106. The summed E-state index contributed by atoms with van der Waals surface area (Å²) in [5, 5.41) is 3.91. The molecule has 1 aromatic carbocycles. The number of hydrogen-bond acceptors (Lipinski definition) is 4. The van der Waals surface area contributed by atoms with Crippen LogP contribution in [0.4, 0.5) is 0 Å². The van der Waals surface area contributed by atoms with Gasteiger partial charge in [-0.05, 0) is 30.5 Å². The Morgan fingerprint density at radius 3 is 2.81 bits per heavy atom. The highest BCUT2D eigenvalue weighted by Gasteiger charge is 2.20. The highest BCUT2D eigenvalue weighted by molar-refractivity contribution is 5.95. The molecule has 0 fully saturated rings. The van der Waals surface area contributed by atoms with Gasteiger partial charge in [-0.15, -0.1) is 0 Å². The summed E-state index contributed by atoms with van der Waals surface area (Å²) in [5.74, 6) is 0.693. The minimum Gasteiger partial charge on any atom is -0.475 e. The lowest BCUT2D eigenvalue weighted by Crippen LogP contribution is -2.17. The molecule has 6 nitrogen and oxygen atoms in total. The fraction of sp³-hybridized carbons (Fsp3) is 0.650. The Morgan fingerprint density at radius 1 is 1.23 bits per heavy atom. The first-order valence-electron chi connectivity index (χ1n) is 9.71. The van der Waals surface area contributed by atoms with Gasteiger partial charge in [0.05, 0.1) is 6.61 Å². The van der Waals surface area contributed by atoms with Gasteiger partial charge >= 0.3 is 0 Å². The van der Waals surface area contributed by atoms with Gasteiger partial charge in [0.25, 0.3) is 0 Å². The SMILES string of the molecule is CCCCCCC[C@H](CCOC[C@@H]1COC(c2ccccc2)=N1)N=[N+]=[N-]. The van der Waals surface area contributed by atoms with Crippen LogP contribution in [-0.2, 0) is 9.47 Å². The Kier molecular flexibility index (Phi) is 9.62. The predicted molar refractivity (Wildman–Crippen MR) is 104 cm³/mol. The average molecular weight is 358 g/mol. The van der Waals surface area contributed by atoms with E-state index < -0.39 is 0 Å². The molecule has 2 rings (SSSR count). The number of unbranched alkanes of at least 4 members (excludes halogenated alkanes) is 4. The molecule has 1 aliphatic heterocycles. The van der Waals surface area contributed by atoms with Gasteiger partial charge in [-0.2, -0.15) is 0 Å². The predicted octanol–water partition coefficient (Wildman–Crippen LogP) is 5.28. The average Bonchev–Trinajstić information content (AvgIpc) is 3.14. The Labute approximate surface area is 156 Å². The summed E-state index contributed by atoms with van der Waals surface area (Å²) in [5.41, 5.74) is 9.73. The molecule has 0 amide bonds. The zero-order chi connectivity index (χ0) is 18.5. The Bertz CT molecular complexity index is 585. The number of nitrogens with zero attached hydrogens (tertiary/aromatic N) is 4. The van der Waals surface area contributed by atoms with Crippen molar-refractivity contribution in [3.05, 3.63) is 46.3 Å². The second kappa shape index (κ2) is 12.3. The summed E-state index contributed by atoms with van der Waals surface area (Å²) >= 11 is 0. The minimum absolute atomic E-state index is 0.0323. The van der Waals surface area contributed by atoms with Crippen LogP contribution in [0.3, 0.4) is 0 Å². The van der Waals surface area contributed by atoms with Gasteiger partial charge in [-0.25, -0.2) is 4.99 Å². The molecule has 0 unspecified atom stereocenters. The van der Waals surface area contributed by atoms with E-state index in [4.69, 9.17) is 15.0 Å². The Morgan fingerprint density at radius 2 is 2.04 bits per heavy atom. The van der Waals surface area contributed by atoms with Gasteiger partial charge in [0.2, 0.25) is 5.90 Å². The van der Waals surface area contributed by atoms with Crippen LogP contribution >= 0.6 is 0 Å². The van der Waals surface area contributed by atoms with E-state index in [-0.39, 0.29) is 12.1 Å². The van der Waals surface area contributed by atoms with Crippen molar-refractivity contribution in [2.45, 2.75) is 64.0 Å². The zero-order valence-electron chi connectivity index (χ0n) is 15.7. The maximum Gasteiger partial charge on any atom is 0.216 e. The van der Waals surface area contributed by atoms with Crippen LogP contribution in [0, 0.1) is 0 Å². The van der Waals surface area contributed by atoms with Crippen molar-refractivity contribution in [3.8, 4) is 0 Å². The second-order valence-electron chi connectivity index (χ2n) is 6.69. The largest absolute Gasteiger partial charge is 0.475 e. The molecule has 2 atom stereocenters. The molecular formula is C20H30N4O2. The zero-order valence-corrected chi connectivity index (χ0v) is 15.7. The molecule has 1 aliphatic rings. The second-order valence-corrected chi connectivity index (χ2v) is 6.69. The van der Waals surface area contributed by atoms with E-state index in [0.717, 1.165) is 24.8 Å². The van der Waals surface area contributed by atoms with Crippen molar-refractivity contribution >= 4 is 5.90 Å². The maximum atomic E-state index is 8.73. The molecule has 0 N–H and O–H groups in total. The smallest absolute Gasteiger partial charge is 0.216 e. The number of ether oxygens (including phenoxy) is 2. The van der Waals surface area contributed by atoms with E-state index in [2.05, 4.69) is 21.9 Å². The third-order valence-corrected chi connectivity index (χ3v) is 4.49. The van der Waals surface area contributed by atoms with Gasteiger partial charge in [0.1, 0.15) is 12.6 Å². The molecular weight excluding hydrogens is 328 g/mol. The van der Waals surface area contributed by atoms with Crippen LogP contribution in [0.15, 0.2) is 40.4 Å². The van der Waals surface area contributed by atoms with Gasteiger partial charge in [0, 0.05) is 23.1 Å². The van der Waals surface area contributed by atoms with Gasteiger partial charge in [0.15, 0.2) is 0 Å². The number of aliphatic imine (C=N–C) groups is 1. The molecule has 0 saturated heterocycles. The summed E-state index contributed by atoms with van der Waals surface area (Å²) in [7, 11) is 0. The van der Waals surface area contributed by atoms with E-state index >= 15 is 0 Å². The maximum absolute atomic E-state index is 8.73. The fourth-order valence-electron chi connectivity index (χ4n) is 2.99. The van der Waals surface area contributed by atoms with Crippen LogP contribution in [0.5, 0.6) is 0 Å². The van der Waals surface area contributed by atoms with Gasteiger partial charge in [-0.3, -0.25) is 0 Å². The van der Waals surface area contributed by atoms with Crippen molar-refractivity contribution in [3.63, 3.8) is 0 Å². The molecule has 142 valence electrons. The van der Waals surface area contributed by atoms with Crippen molar-refractivity contribution in [2.24, 2.45) is 10.1 Å². The van der Waals surface area contributed by atoms with Gasteiger partial charge in [-0.1, -0.05) is 62.3 Å². The van der Waals surface area contributed by atoms with E-state index in [9.17, 15) is 0 Å². The number of benzene rings is 1. The summed E-state index contributed by atoms with van der Waals surface area (Å²) < 4.78 is 11.4. The number of rotatable bonds is 13. The Hall–Kier alpha value is -2.04. The van der Waals surface area contributed by atoms with Crippen molar-refractivity contribution < 1.29 is 9.47 Å². The first kappa shape index (κ1) is 20.3. The summed E-state index contributed by atoms with van der Waals surface area (Å²) in [6.45, 7) is 3.89. The molecule has 26 heavy (non-hydrogen) atoms. The molecule has 0 aromatic heterocycles. The van der Waals surface area contributed by atoms with E-state index in [1.807, 2.05) is 30.3 Å². The molecule has 0 saturated carbocycles. The van der Waals surface area contributed by atoms with Crippen LogP contribution in [0.2, 0.25) is 0 Å². The van der Waals surface area contributed by atoms with E-state index in [1.165, 1.54) is 25.7 Å². The third-order valence-electron chi connectivity index (χ3n) is 4.49. The van der Waals surface area contributed by atoms with Crippen LogP contribution in [0.25, 0.3) is 10.4 Å². The van der Waals surface area contributed by atoms with Crippen molar-refractivity contribution in [1.82, 2.24) is 0 Å². The van der Waals surface area contributed by atoms with Gasteiger partial charge < -0.3 is 9.47 Å². The number of azide groups is 1. The first-order valence-corrected chi connectivity index (χ1v) is 9.71. The Balaban J connectivity index is 1.63. The first-order chi connectivity index (χ1) is 12.8. The fourth-order valence-corrected chi connectivity index (χ4v) is 2.99. The third kappa shape index (κ3) is 7.46. The standard InChI is InChI=1S/C20H30N4O2/c1-2-3-4-5-9-12-18(23-24-21)13-14-25-15-19-16-26-20(22-19)17-10-7-6-8-11-17/h6-8,10-11,18-19H,2-5,9,12-16H2,1H3/t18-,19-/m1/s1. The molecule has 1 heterocycles. The summed E-state index contributed by atoms with van der Waals surface area (Å²) in [6, 6.07) is 9.98.